The number of rotatable bonds is 5. The number of pyridine rings is 1. The number of hydrogen-bond donors (Lipinski definition) is 2. The third kappa shape index (κ3) is 3.55. The number of benzene rings is 1. The van der Waals surface area contributed by atoms with Gasteiger partial charge in [0.1, 0.15) is 5.69 Å². The summed E-state index contributed by atoms with van der Waals surface area (Å²) in [7, 11) is 0. The Kier molecular flexibility index (Phi) is 4.84. The lowest BCUT2D eigenvalue weighted by Crippen LogP contribution is -2.17. The molecule has 0 saturated heterocycles. The predicted octanol–water partition coefficient (Wildman–Crippen LogP) is 2.50. The Hall–Kier alpha value is -3.48. The van der Waals surface area contributed by atoms with Gasteiger partial charge in [0.2, 0.25) is 0 Å². The number of esters is 1. The Morgan fingerprint density at radius 2 is 2.00 bits per heavy atom. The van der Waals surface area contributed by atoms with E-state index in [2.05, 4.69) is 20.5 Å². The van der Waals surface area contributed by atoms with E-state index >= 15 is 0 Å². The fraction of sp³-hybridized carbons (Fsp3) is 0.111. The lowest BCUT2D eigenvalue weighted by atomic mass is 10.1. The summed E-state index contributed by atoms with van der Waals surface area (Å²) in [5.41, 5.74) is 4.52. The largest absolute Gasteiger partial charge is 0.461 e. The highest BCUT2D eigenvalue weighted by Crippen LogP contribution is 2.21. The number of para-hydroxylation sites is 1. The molecule has 1 aromatic carbocycles. The molecule has 126 valence electrons. The van der Waals surface area contributed by atoms with Crippen molar-refractivity contribution in [1.82, 2.24) is 15.4 Å². The van der Waals surface area contributed by atoms with Crippen LogP contribution < -0.4 is 5.43 Å². The lowest BCUT2D eigenvalue weighted by molar-refractivity contribution is 0.0520. The van der Waals surface area contributed by atoms with Gasteiger partial charge in [-0.25, -0.2) is 10.2 Å². The summed E-state index contributed by atoms with van der Waals surface area (Å²) in [5, 5.41) is 4.78. The zero-order valence-corrected chi connectivity index (χ0v) is 13.5. The van der Waals surface area contributed by atoms with E-state index < -0.39 is 5.97 Å². The molecule has 7 nitrogen and oxygen atoms in total. The van der Waals surface area contributed by atoms with Crippen LogP contribution in [0.5, 0.6) is 0 Å². The molecule has 0 atom stereocenters. The zero-order valence-electron chi connectivity index (χ0n) is 13.5. The molecule has 0 radical (unpaired) electrons. The van der Waals surface area contributed by atoms with Crippen LogP contribution in [0, 0.1) is 0 Å². The summed E-state index contributed by atoms with van der Waals surface area (Å²) in [6, 6.07) is 10.6. The fourth-order valence-electron chi connectivity index (χ4n) is 2.39. The first-order chi connectivity index (χ1) is 12.2. The molecule has 3 aromatic rings. The number of H-pyrrole nitrogens is 1. The Balaban J connectivity index is 1.88. The number of amides is 1. The van der Waals surface area contributed by atoms with Crippen LogP contribution in [-0.4, -0.2) is 34.7 Å². The van der Waals surface area contributed by atoms with Crippen molar-refractivity contribution in [3.63, 3.8) is 0 Å². The Morgan fingerprint density at radius 3 is 2.76 bits per heavy atom. The maximum absolute atomic E-state index is 12.1. The van der Waals surface area contributed by atoms with E-state index in [1.54, 1.807) is 19.1 Å². The number of carbonyl (C=O) groups is 2. The maximum atomic E-state index is 12.1. The van der Waals surface area contributed by atoms with Crippen LogP contribution in [0.4, 0.5) is 0 Å². The van der Waals surface area contributed by atoms with E-state index in [1.165, 1.54) is 18.6 Å². The lowest BCUT2D eigenvalue weighted by Gasteiger charge is -2.01. The second-order valence-corrected chi connectivity index (χ2v) is 5.11. The van der Waals surface area contributed by atoms with Crippen LogP contribution in [0.1, 0.15) is 33.3 Å². The molecule has 2 aromatic heterocycles. The van der Waals surface area contributed by atoms with Crippen molar-refractivity contribution in [2.75, 3.05) is 6.61 Å². The van der Waals surface area contributed by atoms with E-state index in [4.69, 9.17) is 4.74 Å². The zero-order chi connectivity index (χ0) is 17.6. The number of hydrogen-bond acceptors (Lipinski definition) is 5. The third-order valence-corrected chi connectivity index (χ3v) is 3.53. The average molecular weight is 336 g/mol. The van der Waals surface area contributed by atoms with Gasteiger partial charge in [-0.1, -0.05) is 18.2 Å². The molecular formula is C18H16N4O3. The maximum Gasteiger partial charge on any atom is 0.355 e. The van der Waals surface area contributed by atoms with Gasteiger partial charge in [0.15, 0.2) is 0 Å². The molecular weight excluding hydrogens is 320 g/mol. The van der Waals surface area contributed by atoms with Crippen LogP contribution in [0.15, 0.2) is 53.9 Å². The molecule has 0 saturated carbocycles. The first-order valence-electron chi connectivity index (χ1n) is 7.72. The number of carbonyl (C=O) groups excluding carboxylic acids is 2. The molecule has 0 aliphatic rings. The molecule has 2 heterocycles. The van der Waals surface area contributed by atoms with E-state index in [-0.39, 0.29) is 12.5 Å². The molecule has 3 rings (SSSR count). The molecule has 0 aliphatic heterocycles. The Labute approximate surface area is 143 Å². The predicted molar refractivity (Wildman–Crippen MR) is 93.6 cm³/mol. The molecule has 2 N–H and O–H groups in total. The summed E-state index contributed by atoms with van der Waals surface area (Å²) >= 11 is 0. The normalized spacial score (nSPS) is 10.9. The standard InChI is InChI=1S/C18H16N4O3/c1-2-25-18(24)16-14(13-5-3-4-6-15(13)21-16)11-20-22-17(23)12-7-9-19-10-8-12/h3-11,21H,2H2,1H3,(H,22,23)/b20-11-. The number of fused-ring (bicyclic) bond motifs is 1. The first kappa shape index (κ1) is 16.4. The molecule has 0 unspecified atom stereocenters. The Bertz CT molecular complexity index is 932. The van der Waals surface area contributed by atoms with Crippen molar-refractivity contribution >= 4 is 29.0 Å². The molecule has 0 fully saturated rings. The monoisotopic (exact) mass is 336 g/mol. The minimum atomic E-state index is -0.472. The first-order valence-corrected chi connectivity index (χ1v) is 7.72. The van der Waals surface area contributed by atoms with Gasteiger partial charge in [-0.3, -0.25) is 9.78 Å². The van der Waals surface area contributed by atoms with Crippen molar-refractivity contribution in [3.8, 4) is 0 Å². The second kappa shape index (κ2) is 7.39. The van der Waals surface area contributed by atoms with Crippen LogP contribution in [-0.2, 0) is 4.74 Å². The summed E-state index contributed by atoms with van der Waals surface area (Å²) in [4.78, 5) is 31.0. The minimum absolute atomic E-state index is 0.267. The number of aromatic nitrogens is 2. The topological polar surface area (TPSA) is 96.4 Å². The molecule has 1 amide bonds. The summed E-state index contributed by atoms with van der Waals surface area (Å²) in [6.45, 7) is 2.01. The van der Waals surface area contributed by atoms with Crippen molar-refractivity contribution in [1.29, 1.82) is 0 Å². The molecule has 7 heteroatoms. The van der Waals surface area contributed by atoms with Gasteiger partial charge in [-0.2, -0.15) is 5.10 Å². The second-order valence-electron chi connectivity index (χ2n) is 5.11. The Morgan fingerprint density at radius 1 is 1.24 bits per heavy atom. The average Bonchev–Trinajstić information content (AvgIpc) is 3.01. The number of ether oxygens (including phenoxy) is 1. The molecule has 0 aliphatic carbocycles. The number of nitrogens with zero attached hydrogens (tertiary/aromatic N) is 2. The summed E-state index contributed by atoms with van der Waals surface area (Å²) in [6.07, 6.45) is 4.48. The highest BCUT2D eigenvalue weighted by Gasteiger charge is 2.17. The van der Waals surface area contributed by atoms with E-state index in [9.17, 15) is 9.59 Å². The molecule has 0 spiro atoms. The van der Waals surface area contributed by atoms with E-state index in [1.807, 2.05) is 24.3 Å². The quantitative estimate of drug-likeness (QED) is 0.425. The number of nitrogens with one attached hydrogen (secondary N) is 2. The van der Waals surface area contributed by atoms with Gasteiger partial charge in [-0.15, -0.1) is 0 Å². The smallest absolute Gasteiger partial charge is 0.355 e. The van der Waals surface area contributed by atoms with Crippen molar-refractivity contribution < 1.29 is 14.3 Å². The van der Waals surface area contributed by atoms with Crippen LogP contribution in [0.25, 0.3) is 10.9 Å². The fourth-order valence-corrected chi connectivity index (χ4v) is 2.39. The van der Waals surface area contributed by atoms with Gasteiger partial charge >= 0.3 is 5.97 Å². The van der Waals surface area contributed by atoms with Crippen molar-refractivity contribution in [2.24, 2.45) is 5.10 Å². The van der Waals surface area contributed by atoms with Crippen LogP contribution in [0.2, 0.25) is 0 Å². The van der Waals surface area contributed by atoms with E-state index in [0.29, 0.717) is 16.8 Å². The van der Waals surface area contributed by atoms with Gasteiger partial charge in [0.25, 0.3) is 5.91 Å². The van der Waals surface area contributed by atoms with Crippen LogP contribution in [0.3, 0.4) is 0 Å². The SMILES string of the molecule is CCOC(=O)c1[nH]c2ccccc2c1/C=N\NC(=O)c1ccncc1. The number of hydrazone groups is 1. The van der Waals surface area contributed by atoms with Crippen LogP contribution >= 0.6 is 0 Å². The highest BCUT2D eigenvalue weighted by molar-refractivity contribution is 6.09. The summed E-state index contributed by atoms with van der Waals surface area (Å²) in [5.74, 6) is -0.836. The van der Waals surface area contributed by atoms with E-state index in [0.717, 1.165) is 10.9 Å². The molecule has 0 bridgehead atoms. The van der Waals surface area contributed by atoms with Gasteiger partial charge in [-0.05, 0) is 25.1 Å². The van der Waals surface area contributed by atoms with Gasteiger partial charge < -0.3 is 9.72 Å². The van der Waals surface area contributed by atoms with Crippen molar-refractivity contribution in [2.45, 2.75) is 6.92 Å². The highest BCUT2D eigenvalue weighted by atomic mass is 16.5. The minimum Gasteiger partial charge on any atom is -0.461 e. The van der Waals surface area contributed by atoms with Crippen molar-refractivity contribution in [3.05, 3.63) is 65.6 Å². The molecule has 25 heavy (non-hydrogen) atoms. The van der Waals surface area contributed by atoms with Gasteiger partial charge in [0.05, 0.1) is 12.8 Å². The summed E-state index contributed by atoms with van der Waals surface area (Å²) < 4.78 is 5.07. The number of aromatic amines is 1. The van der Waals surface area contributed by atoms with Gasteiger partial charge in [0, 0.05) is 34.4 Å². The third-order valence-electron chi connectivity index (χ3n) is 3.53.